The molecule has 0 unspecified atom stereocenters. The molecule has 15 heavy (non-hydrogen) atoms. The third kappa shape index (κ3) is 2.09. The van der Waals surface area contributed by atoms with Gasteiger partial charge < -0.3 is 10.2 Å². The first kappa shape index (κ1) is 10.3. The summed E-state index contributed by atoms with van der Waals surface area (Å²) in [5.41, 5.74) is 4.04. The lowest BCUT2D eigenvalue weighted by Crippen LogP contribution is -2.17. The minimum atomic E-state index is 0.602. The van der Waals surface area contributed by atoms with Crippen molar-refractivity contribution in [2.24, 2.45) is 0 Å². The molecule has 82 valence electrons. The molecule has 0 bridgehead atoms. The van der Waals surface area contributed by atoms with Gasteiger partial charge in [0.2, 0.25) is 0 Å². The van der Waals surface area contributed by atoms with Gasteiger partial charge in [-0.25, -0.2) is 0 Å². The third-order valence-corrected chi connectivity index (χ3v) is 3.08. The lowest BCUT2D eigenvalue weighted by Gasteiger charge is -2.20. The molecule has 2 heteroatoms. The average Bonchev–Trinajstić information content (AvgIpc) is 2.40. The van der Waals surface area contributed by atoms with Crippen LogP contribution in [0.4, 0.5) is 11.4 Å². The third-order valence-electron chi connectivity index (χ3n) is 3.08. The van der Waals surface area contributed by atoms with Crippen LogP contribution < -0.4 is 10.2 Å². The largest absolute Gasteiger partial charge is 0.383 e. The van der Waals surface area contributed by atoms with Gasteiger partial charge in [0.15, 0.2) is 0 Å². The van der Waals surface area contributed by atoms with Crippen molar-refractivity contribution in [3.05, 3.63) is 23.8 Å². The van der Waals surface area contributed by atoms with Crippen molar-refractivity contribution < 1.29 is 0 Å². The van der Waals surface area contributed by atoms with Crippen LogP contribution in [-0.2, 0) is 0 Å². The summed E-state index contributed by atoms with van der Waals surface area (Å²) in [5, 5.41) is 3.51. The normalized spacial score (nSPS) is 15.9. The lowest BCUT2D eigenvalue weighted by atomic mass is 10.0. The van der Waals surface area contributed by atoms with E-state index in [2.05, 4.69) is 49.3 Å². The quantitative estimate of drug-likeness (QED) is 0.756. The highest BCUT2D eigenvalue weighted by Gasteiger charge is 2.12. The Bertz CT molecular complexity index is 344. The summed E-state index contributed by atoms with van der Waals surface area (Å²) in [5.74, 6) is 0.602. The molecule has 2 nitrogen and oxygen atoms in total. The van der Waals surface area contributed by atoms with Crippen molar-refractivity contribution in [1.29, 1.82) is 0 Å². The van der Waals surface area contributed by atoms with Gasteiger partial charge in [0.1, 0.15) is 0 Å². The van der Waals surface area contributed by atoms with Crippen LogP contribution >= 0.6 is 0 Å². The van der Waals surface area contributed by atoms with E-state index in [-0.39, 0.29) is 0 Å². The van der Waals surface area contributed by atoms with Crippen molar-refractivity contribution in [2.45, 2.75) is 26.2 Å². The molecule has 1 heterocycles. The highest BCUT2D eigenvalue weighted by Crippen LogP contribution is 2.30. The van der Waals surface area contributed by atoms with Crippen LogP contribution in [0.5, 0.6) is 0 Å². The van der Waals surface area contributed by atoms with Crippen LogP contribution in [0.1, 0.15) is 31.7 Å². The number of hydrogen-bond donors (Lipinski definition) is 1. The van der Waals surface area contributed by atoms with Crippen LogP contribution in [0.25, 0.3) is 0 Å². The Labute approximate surface area is 92.3 Å². The summed E-state index contributed by atoms with van der Waals surface area (Å²) in [7, 11) is 2.17. The molecule has 0 spiro atoms. The number of nitrogens with zero attached hydrogens (tertiary/aromatic N) is 1. The molecular formula is C13H20N2. The molecular weight excluding hydrogens is 184 g/mol. The van der Waals surface area contributed by atoms with Gasteiger partial charge in [-0.3, -0.25) is 0 Å². The molecule has 0 fully saturated rings. The van der Waals surface area contributed by atoms with E-state index in [9.17, 15) is 0 Å². The first-order chi connectivity index (χ1) is 7.18. The van der Waals surface area contributed by atoms with Gasteiger partial charge >= 0.3 is 0 Å². The second-order valence-corrected chi connectivity index (χ2v) is 4.63. The number of benzene rings is 1. The first-order valence-corrected chi connectivity index (χ1v) is 5.77. The fourth-order valence-electron chi connectivity index (χ4n) is 2.05. The maximum Gasteiger partial charge on any atom is 0.0599 e. The molecule has 0 aromatic heterocycles. The van der Waals surface area contributed by atoms with E-state index in [4.69, 9.17) is 0 Å². The molecule has 0 aliphatic carbocycles. The molecule has 1 N–H and O–H groups in total. The van der Waals surface area contributed by atoms with Crippen molar-refractivity contribution in [3.63, 3.8) is 0 Å². The Hall–Kier alpha value is -1.18. The molecule has 0 radical (unpaired) electrons. The molecule has 0 saturated heterocycles. The van der Waals surface area contributed by atoms with E-state index < -0.39 is 0 Å². The Morgan fingerprint density at radius 1 is 1.33 bits per heavy atom. The van der Waals surface area contributed by atoms with Gasteiger partial charge in [0.25, 0.3) is 0 Å². The summed E-state index contributed by atoms with van der Waals surface area (Å²) in [4.78, 5) is 2.33. The van der Waals surface area contributed by atoms with E-state index in [1.165, 1.54) is 23.4 Å². The van der Waals surface area contributed by atoms with Gasteiger partial charge in [-0.15, -0.1) is 0 Å². The zero-order chi connectivity index (χ0) is 10.8. The first-order valence-electron chi connectivity index (χ1n) is 5.77. The van der Waals surface area contributed by atoms with Gasteiger partial charge in [-0.2, -0.15) is 0 Å². The number of anilines is 2. The Morgan fingerprint density at radius 3 is 2.87 bits per heavy atom. The van der Waals surface area contributed by atoms with E-state index >= 15 is 0 Å². The van der Waals surface area contributed by atoms with Crippen LogP contribution in [0, 0.1) is 0 Å². The summed E-state index contributed by atoms with van der Waals surface area (Å²) >= 11 is 0. The van der Waals surface area contributed by atoms with E-state index in [1.54, 1.807) is 0 Å². The van der Waals surface area contributed by atoms with Gasteiger partial charge in [-0.1, -0.05) is 19.9 Å². The maximum atomic E-state index is 3.51. The smallest absolute Gasteiger partial charge is 0.0599 e. The Kier molecular flexibility index (Phi) is 2.85. The zero-order valence-corrected chi connectivity index (χ0v) is 9.88. The highest BCUT2D eigenvalue weighted by atomic mass is 15.1. The molecule has 1 aliphatic rings. The van der Waals surface area contributed by atoms with Crippen molar-refractivity contribution in [1.82, 2.24) is 0 Å². The van der Waals surface area contributed by atoms with Crippen LogP contribution in [0.2, 0.25) is 0 Å². The van der Waals surface area contributed by atoms with Crippen molar-refractivity contribution >= 4 is 11.4 Å². The van der Waals surface area contributed by atoms with E-state index in [1.807, 2.05) is 0 Å². The number of nitrogens with one attached hydrogen (secondary N) is 1. The average molecular weight is 204 g/mol. The molecule has 1 aromatic rings. The predicted molar refractivity (Wildman–Crippen MR) is 66.9 cm³/mol. The summed E-state index contributed by atoms with van der Waals surface area (Å²) < 4.78 is 0. The molecule has 1 aromatic carbocycles. The molecule has 0 amide bonds. The van der Waals surface area contributed by atoms with Gasteiger partial charge in [-0.05, 0) is 30.0 Å². The molecule has 0 atom stereocenters. The minimum Gasteiger partial charge on any atom is -0.383 e. The lowest BCUT2D eigenvalue weighted by molar-refractivity contribution is 0.837. The predicted octanol–water partition coefficient (Wildman–Crippen LogP) is 3.06. The van der Waals surface area contributed by atoms with E-state index in [0.717, 1.165) is 13.1 Å². The number of rotatable bonds is 1. The van der Waals surface area contributed by atoms with Crippen molar-refractivity contribution in [2.75, 3.05) is 30.4 Å². The van der Waals surface area contributed by atoms with E-state index in [0.29, 0.717) is 5.92 Å². The highest BCUT2D eigenvalue weighted by molar-refractivity contribution is 5.71. The van der Waals surface area contributed by atoms with Gasteiger partial charge in [0.05, 0.1) is 11.4 Å². The molecule has 0 saturated carbocycles. The second-order valence-electron chi connectivity index (χ2n) is 4.63. The summed E-state index contributed by atoms with van der Waals surface area (Å²) in [6, 6.07) is 6.78. The number of fused-ring (bicyclic) bond motifs is 1. The van der Waals surface area contributed by atoms with Crippen LogP contribution in [-0.4, -0.2) is 20.1 Å². The monoisotopic (exact) mass is 204 g/mol. The Morgan fingerprint density at radius 2 is 2.13 bits per heavy atom. The van der Waals surface area contributed by atoms with Crippen LogP contribution in [0.3, 0.4) is 0 Å². The zero-order valence-electron chi connectivity index (χ0n) is 9.88. The fraction of sp³-hybridized carbons (Fsp3) is 0.538. The molecule has 1 aliphatic heterocycles. The minimum absolute atomic E-state index is 0.602. The Balaban J connectivity index is 2.38. The summed E-state index contributed by atoms with van der Waals surface area (Å²) in [6.45, 7) is 6.70. The van der Waals surface area contributed by atoms with Crippen LogP contribution in [0.15, 0.2) is 18.2 Å². The standard InChI is InChI=1S/C13H20N2/c1-10(2)11-5-6-13-12(9-11)14-7-4-8-15(13)3/h5-6,9-10,14H,4,7-8H2,1-3H3. The topological polar surface area (TPSA) is 15.3 Å². The number of hydrogen-bond acceptors (Lipinski definition) is 2. The summed E-state index contributed by atoms with van der Waals surface area (Å²) in [6.07, 6.45) is 1.21. The fourth-order valence-corrected chi connectivity index (χ4v) is 2.05. The van der Waals surface area contributed by atoms with Crippen molar-refractivity contribution in [3.8, 4) is 0 Å². The SMILES string of the molecule is CC(C)c1ccc2c(c1)NCCCN2C. The molecule has 2 rings (SSSR count). The maximum absolute atomic E-state index is 3.51. The van der Waals surface area contributed by atoms with Gasteiger partial charge in [0, 0.05) is 20.1 Å². The second kappa shape index (κ2) is 4.13.